The Hall–Kier alpha value is -1.39. The minimum atomic E-state index is -0.742. The molecule has 0 aliphatic carbocycles. The van der Waals surface area contributed by atoms with Crippen molar-refractivity contribution in [3.63, 3.8) is 0 Å². The summed E-state index contributed by atoms with van der Waals surface area (Å²) in [5.74, 6) is -0.423. The van der Waals surface area contributed by atoms with E-state index in [4.69, 9.17) is 4.74 Å². The van der Waals surface area contributed by atoms with Gasteiger partial charge in [-0.1, -0.05) is 117 Å². The number of hydrogen-bond acceptors (Lipinski definition) is 4. The van der Waals surface area contributed by atoms with Crippen molar-refractivity contribution in [3.8, 4) is 0 Å². The van der Waals surface area contributed by atoms with E-state index in [9.17, 15) is 14.4 Å². The summed E-state index contributed by atoms with van der Waals surface area (Å²) in [7, 11) is 0. The molecule has 5 nitrogen and oxygen atoms in total. The predicted octanol–water partition coefficient (Wildman–Crippen LogP) is 7.06. The molecule has 0 aliphatic rings. The molecule has 0 unspecified atom stereocenters. The van der Waals surface area contributed by atoms with Crippen molar-refractivity contribution >= 4 is 18.2 Å². The van der Waals surface area contributed by atoms with Crippen LogP contribution in [0.15, 0.2) is 0 Å². The van der Waals surface area contributed by atoms with E-state index in [0.29, 0.717) is 19.1 Å². The number of hydrogen-bond donors (Lipinski definition) is 1. The first kappa shape index (κ1) is 30.6. The Labute approximate surface area is 197 Å². The van der Waals surface area contributed by atoms with Crippen molar-refractivity contribution in [1.82, 2.24) is 5.32 Å². The third-order valence-electron chi connectivity index (χ3n) is 5.93. The molecule has 0 aromatic heterocycles. The van der Waals surface area contributed by atoms with Gasteiger partial charge in [-0.25, -0.2) is 0 Å². The highest BCUT2D eigenvalue weighted by Crippen LogP contribution is 2.12. The Morgan fingerprint density at radius 3 is 1.50 bits per heavy atom. The molecule has 32 heavy (non-hydrogen) atoms. The van der Waals surface area contributed by atoms with Gasteiger partial charge in [0.05, 0.1) is 0 Å². The van der Waals surface area contributed by atoms with Crippen LogP contribution in [0, 0.1) is 0 Å². The summed E-state index contributed by atoms with van der Waals surface area (Å²) in [4.78, 5) is 35.1. The van der Waals surface area contributed by atoms with E-state index in [1.165, 1.54) is 77.0 Å². The number of aldehydes is 1. The van der Waals surface area contributed by atoms with Gasteiger partial charge < -0.3 is 14.8 Å². The van der Waals surface area contributed by atoms with E-state index in [-0.39, 0.29) is 18.5 Å². The SMILES string of the molecule is CCCCCCCCCCCC(=O)N[C@H](C=O)COC(=O)CCCCCCCCCCC. The van der Waals surface area contributed by atoms with Crippen LogP contribution in [0.4, 0.5) is 0 Å². The number of rotatable bonds is 24. The average Bonchev–Trinajstić information content (AvgIpc) is 2.79. The van der Waals surface area contributed by atoms with Crippen molar-refractivity contribution in [1.29, 1.82) is 0 Å². The molecule has 0 bridgehead atoms. The molecular weight excluding hydrogens is 402 g/mol. The first-order valence-corrected chi connectivity index (χ1v) is 13.5. The van der Waals surface area contributed by atoms with Gasteiger partial charge in [0.1, 0.15) is 18.9 Å². The number of unbranched alkanes of at least 4 members (excludes halogenated alkanes) is 16. The smallest absolute Gasteiger partial charge is 0.305 e. The Bertz CT molecular complexity index is 453. The molecule has 1 amide bonds. The summed E-state index contributed by atoms with van der Waals surface area (Å²) in [5, 5.41) is 2.67. The summed E-state index contributed by atoms with van der Waals surface area (Å²) >= 11 is 0. The van der Waals surface area contributed by atoms with Crippen LogP contribution in [0.3, 0.4) is 0 Å². The van der Waals surface area contributed by atoms with Crippen molar-refractivity contribution in [2.24, 2.45) is 0 Å². The van der Waals surface area contributed by atoms with Crippen LogP contribution in [0.1, 0.15) is 142 Å². The predicted molar refractivity (Wildman–Crippen MR) is 133 cm³/mol. The molecule has 0 fully saturated rings. The van der Waals surface area contributed by atoms with Crippen LogP contribution in [-0.4, -0.2) is 30.8 Å². The second kappa shape index (κ2) is 24.3. The highest BCUT2D eigenvalue weighted by atomic mass is 16.5. The van der Waals surface area contributed by atoms with E-state index in [0.717, 1.165) is 38.5 Å². The summed E-state index contributed by atoms with van der Waals surface area (Å²) in [6.07, 6.45) is 23.0. The zero-order chi connectivity index (χ0) is 23.7. The highest BCUT2D eigenvalue weighted by Gasteiger charge is 2.13. The van der Waals surface area contributed by atoms with Crippen LogP contribution in [0.25, 0.3) is 0 Å². The van der Waals surface area contributed by atoms with Crippen molar-refractivity contribution in [2.75, 3.05) is 6.61 Å². The minimum Gasteiger partial charge on any atom is -0.463 e. The lowest BCUT2D eigenvalue weighted by molar-refractivity contribution is -0.145. The number of ether oxygens (including phenoxy) is 1. The van der Waals surface area contributed by atoms with E-state index < -0.39 is 6.04 Å². The van der Waals surface area contributed by atoms with Gasteiger partial charge in [0, 0.05) is 12.8 Å². The minimum absolute atomic E-state index is 0.0662. The lowest BCUT2D eigenvalue weighted by atomic mass is 10.1. The molecule has 5 heteroatoms. The number of nitrogens with one attached hydrogen (secondary N) is 1. The summed E-state index contributed by atoms with van der Waals surface area (Å²) < 4.78 is 5.18. The summed E-state index contributed by atoms with van der Waals surface area (Å²) in [6.45, 7) is 4.38. The van der Waals surface area contributed by atoms with Gasteiger partial charge in [-0.3, -0.25) is 9.59 Å². The molecule has 0 saturated heterocycles. The Morgan fingerprint density at radius 1 is 0.656 bits per heavy atom. The molecule has 0 radical (unpaired) electrons. The van der Waals surface area contributed by atoms with Gasteiger partial charge in [-0.2, -0.15) is 0 Å². The van der Waals surface area contributed by atoms with Crippen LogP contribution in [-0.2, 0) is 19.1 Å². The van der Waals surface area contributed by atoms with Gasteiger partial charge in [-0.05, 0) is 12.8 Å². The monoisotopic (exact) mass is 453 g/mol. The highest BCUT2D eigenvalue weighted by molar-refractivity contribution is 5.79. The molecule has 0 saturated carbocycles. The van der Waals surface area contributed by atoms with E-state index >= 15 is 0 Å². The van der Waals surface area contributed by atoms with Gasteiger partial charge >= 0.3 is 5.97 Å². The fourth-order valence-electron chi connectivity index (χ4n) is 3.83. The maximum absolute atomic E-state index is 12.0. The molecule has 0 spiro atoms. The van der Waals surface area contributed by atoms with E-state index in [2.05, 4.69) is 19.2 Å². The standard InChI is InChI=1S/C27H51NO4/c1-3-5-7-9-11-13-15-17-19-21-26(30)28-25(23-29)24-32-27(31)22-20-18-16-14-12-10-8-6-4-2/h23,25H,3-22,24H2,1-2H3,(H,28,30)/t25-/m1/s1. The van der Waals surface area contributed by atoms with Gasteiger partial charge in [0.25, 0.3) is 0 Å². The van der Waals surface area contributed by atoms with Gasteiger partial charge in [0.15, 0.2) is 0 Å². The van der Waals surface area contributed by atoms with Gasteiger partial charge in [0.2, 0.25) is 5.91 Å². The third kappa shape index (κ3) is 21.8. The van der Waals surface area contributed by atoms with Crippen molar-refractivity contribution in [2.45, 2.75) is 148 Å². The fourth-order valence-corrected chi connectivity index (χ4v) is 3.83. The second-order valence-electron chi connectivity index (χ2n) is 9.15. The fraction of sp³-hybridized carbons (Fsp3) is 0.889. The topological polar surface area (TPSA) is 72.5 Å². The Kier molecular flexibility index (Phi) is 23.2. The van der Waals surface area contributed by atoms with Crippen LogP contribution in [0.5, 0.6) is 0 Å². The molecule has 0 aromatic carbocycles. The molecule has 0 rings (SSSR count). The largest absolute Gasteiger partial charge is 0.463 e. The Morgan fingerprint density at radius 2 is 1.06 bits per heavy atom. The van der Waals surface area contributed by atoms with Crippen LogP contribution < -0.4 is 5.32 Å². The maximum atomic E-state index is 12.0. The molecular formula is C27H51NO4. The molecule has 188 valence electrons. The number of amides is 1. The molecule has 0 heterocycles. The average molecular weight is 454 g/mol. The lowest BCUT2D eigenvalue weighted by Crippen LogP contribution is -2.39. The van der Waals surface area contributed by atoms with Gasteiger partial charge in [-0.15, -0.1) is 0 Å². The number of carbonyl (C=O) groups is 3. The van der Waals surface area contributed by atoms with E-state index in [1.807, 2.05) is 0 Å². The van der Waals surface area contributed by atoms with Crippen molar-refractivity contribution in [3.05, 3.63) is 0 Å². The first-order valence-electron chi connectivity index (χ1n) is 13.5. The lowest BCUT2D eigenvalue weighted by Gasteiger charge is -2.13. The van der Waals surface area contributed by atoms with Crippen LogP contribution in [0.2, 0.25) is 0 Å². The first-order chi connectivity index (χ1) is 15.6. The quantitative estimate of drug-likeness (QED) is 0.0965. The number of carbonyl (C=O) groups excluding carboxylic acids is 3. The van der Waals surface area contributed by atoms with E-state index in [1.54, 1.807) is 0 Å². The molecule has 0 aliphatic heterocycles. The second-order valence-corrected chi connectivity index (χ2v) is 9.15. The zero-order valence-electron chi connectivity index (χ0n) is 21.1. The third-order valence-corrected chi connectivity index (χ3v) is 5.93. The molecule has 0 aromatic rings. The maximum Gasteiger partial charge on any atom is 0.305 e. The normalized spacial score (nSPS) is 11.8. The van der Waals surface area contributed by atoms with Crippen molar-refractivity contribution < 1.29 is 19.1 Å². The Balaban J connectivity index is 3.62. The zero-order valence-corrected chi connectivity index (χ0v) is 21.1. The summed E-state index contributed by atoms with van der Waals surface area (Å²) in [6, 6.07) is -0.742. The molecule has 1 N–H and O–H groups in total. The summed E-state index contributed by atoms with van der Waals surface area (Å²) in [5.41, 5.74) is 0. The van der Waals surface area contributed by atoms with Crippen LogP contribution >= 0.6 is 0 Å². The molecule has 1 atom stereocenters. The number of esters is 1.